The third kappa shape index (κ3) is 3.01. The monoisotopic (exact) mass is 307 g/mol. The fourth-order valence-electron chi connectivity index (χ4n) is 1.41. The highest BCUT2D eigenvalue weighted by molar-refractivity contribution is 7.90. The summed E-state index contributed by atoms with van der Waals surface area (Å²) in [7, 11) is -3.95. The van der Waals surface area contributed by atoms with Crippen LogP contribution in [0.2, 0.25) is 0 Å². The van der Waals surface area contributed by atoms with Crippen LogP contribution in [0.25, 0.3) is 0 Å². The number of benzene rings is 1. The fraction of sp³-hybridized carbons (Fsp3) is 0.0833. The number of sulfonamides is 1. The second-order valence-electron chi connectivity index (χ2n) is 3.81. The summed E-state index contributed by atoms with van der Waals surface area (Å²) in [6.07, 6.45) is 1.32. The van der Waals surface area contributed by atoms with Gasteiger partial charge in [0, 0.05) is 0 Å². The van der Waals surface area contributed by atoms with E-state index in [1.165, 1.54) is 30.5 Å². The summed E-state index contributed by atoms with van der Waals surface area (Å²) in [6.45, 7) is 1.72. The number of thiazole rings is 1. The minimum absolute atomic E-state index is 0.0777. The van der Waals surface area contributed by atoms with E-state index in [0.29, 0.717) is 10.6 Å². The zero-order valence-electron chi connectivity index (χ0n) is 10.3. The van der Waals surface area contributed by atoms with E-state index in [0.717, 1.165) is 11.3 Å². The predicted octanol–water partition coefficient (Wildman–Crippen LogP) is 1.44. The summed E-state index contributed by atoms with van der Waals surface area (Å²) in [5, 5.41) is 9.33. The maximum Gasteiger partial charge on any atom is 0.276 e. The van der Waals surface area contributed by atoms with Gasteiger partial charge in [0.05, 0.1) is 27.7 Å². The highest BCUT2D eigenvalue weighted by Crippen LogP contribution is 2.14. The van der Waals surface area contributed by atoms with Gasteiger partial charge in [0.15, 0.2) is 0 Å². The lowest BCUT2D eigenvalue weighted by Crippen LogP contribution is -2.30. The molecule has 1 aromatic heterocycles. The quantitative estimate of drug-likeness (QED) is 0.925. The predicted molar refractivity (Wildman–Crippen MR) is 72.7 cm³/mol. The molecule has 0 bridgehead atoms. The van der Waals surface area contributed by atoms with Crippen molar-refractivity contribution in [2.24, 2.45) is 0 Å². The summed E-state index contributed by atoms with van der Waals surface area (Å²) in [5.74, 6) is -0.722. The SMILES string of the molecule is Cc1ncc(C(=O)NS(=O)(=O)c2ccc(C#N)cc2)s1. The molecule has 102 valence electrons. The van der Waals surface area contributed by atoms with E-state index < -0.39 is 15.9 Å². The van der Waals surface area contributed by atoms with E-state index in [9.17, 15) is 13.2 Å². The lowest BCUT2D eigenvalue weighted by Gasteiger charge is -2.05. The molecule has 0 fully saturated rings. The van der Waals surface area contributed by atoms with Gasteiger partial charge in [-0.3, -0.25) is 4.79 Å². The summed E-state index contributed by atoms with van der Waals surface area (Å²) in [5.41, 5.74) is 0.341. The molecule has 2 rings (SSSR count). The number of nitrogens with zero attached hydrogens (tertiary/aromatic N) is 2. The molecule has 0 saturated carbocycles. The minimum atomic E-state index is -3.95. The van der Waals surface area contributed by atoms with Gasteiger partial charge in [-0.1, -0.05) is 0 Å². The topological polar surface area (TPSA) is 99.9 Å². The highest BCUT2D eigenvalue weighted by Gasteiger charge is 2.19. The number of amides is 1. The number of aromatic nitrogens is 1. The molecule has 1 aromatic carbocycles. The summed E-state index contributed by atoms with van der Waals surface area (Å²) in [6, 6.07) is 7.17. The molecular weight excluding hydrogens is 298 g/mol. The van der Waals surface area contributed by atoms with Gasteiger partial charge in [-0.05, 0) is 31.2 Å². The van der Waals surface area contributed by atoms with Crippen molar-refractivity contribution in [2.45, 2.75) is 11.8 Å². The van der Waals surface area contributed by atoms with E-state index >= 15 is 0 Å². The zero-order chi connectivity index (χ0) is 14.8. The van der Waals surface area contributed by atoms with E-state index in [1.54, 1.807) is 6.92 Å². The van der Waals surface area contributed by atoms with E-state index in [4.69, 9.17) is 5.26 Å². The van der Waals surface area contributed by atoms with Crippen LogP contribution < -0.4 is 4.72 Å². The molecule has 1 amide bonds. The number of rotatable bonds is 3. The Labute approximate surface area is 119 Å². The number of carbonyl (C=O) groups is 1. The molecule has 8 heteroatoms. The second-order valence-corrected chi connectivity index (χ2v) is 6.73. The molecule has 1 heterocycles. The number of hydrogen-bond acceptors (Lipinski definition) is 6. The van der Waals surface area contributed by atoms with Gasteiger partial charge < -0.3 is 0 Å². The first-order chi connectivity index (χ1) is 9.42. The van der Waals surface area contributed by atoms with E-state index in [-0.39, 0.29) is 9.77 Å². The molecule has 0 aliphatic carbocycles. The van der Waals surface area contributed by atoms with Crippen molar-refractivity contribution < 1.29 is 13.2 Å². The van der Waals surface area contributed by atoms with Crippen LogP contribution in [-0.2, 0) is 10.0 Å². The van der Waals surface area contributed by atoms with Crippen LogP contribution in [0, 0.1) is 18.3 Å². The molecule has 0 spiro atoms. The first-order valence-electron chi connectivity index (χ1n) is 5.42. The molecule has 2 aromatic rings. The molecule has 0 radical (unpaired) electrons. The Hall–Kier alpha value is -2.24. The first kappa shape index (κ1) is 14.2. The molecular formula is C12H9N3O3S2. The standard InChI is InChI=1S/C12H9N3O3S2/c1-8-14-7-11(19-8)12(16)15-20(17,18)10-4-2-9(6-13)3-5-10/h2-5,7H,1H3,(H,15,16). The first-order valence-corrected chi connectivity index (χ1v) is 7.72. The molecule has 0 aliphatic rings. The van der Waals surface area contributed by atoms with Crippen LogP contribution in [0.1, 0.15) is 20.2 Å². The molecule has 1 N–H and O–H groups in total. The van der Waals surface area contributed by atoms with Gasteiger partial charge in [-0.2, -0.15) is 5.26 Å². The third-order valence-corrected chi connectivity index (χ3v) is 4.62. The van der Waals surface area contributed by atoms with Crippen LogP contribution in [0.15, 0.2) is 35.4 Å². The van der Waals surface area contributed by atoms with Gasteiger partial charge in [-0.25, -0.2) is 18.1 Å². The Bertz CT molecular complexity index is 786. The van der Waals surface area contributed by atoms with Gasteiger partial charge in [0.2, 0.25) is 0 Å². The van der Waals surface area contributed by atoms with Crippen LogP contribution in [0.4, 0.5) is 0 Å². The van der Waals surface area contributed by atoms with Crippen LogP contribution in [-0.4, -0.2) is 19.3 Å². The van der Waals surface area contributed by atoms with Crippen LogP contribution in [0.3, 0.4) is 0 Å². The van der Waals surface area contributed by atoms with Gasteiger partial charge in [0.25, 0.3) is 15.9 Å². The molecule has 20 heavy (non-hydrogen) atoms. The van der Waals surface area contributed by atoms with Crippen molar-refractivity contribution in [1.29, 1.82) is 5.26 Å². The summed E-state index contributed by atoms with van der Waals surface area (Å²) in [4.78, 5) is 15.8. The normalized spacial score (nSPS) is 10.8. The Morgan fingerprint density at radius 3 is 2.50 bits per heavy atom. The maximum atomic E-state index is 12.0. The summed E-state index contributed by atoms with van der Waals surface area (Å²) >= 11 is 1.11. The Balaban J connectivity index is 2.22. The largest absolute Gasteiger partial charge is 0.276 e. The average molecular weight is 307 g/mol. The number of nitriles is 1. The van der Waals surface area contributed by atoms with Crippen LogP contribution in [0.5, 0.6) is 0 Å². The van der Waals surface area contributed by atoms with Crippen molar-refractivity contribution in [3.63, 3.8) is 0 Å². The number of hydrogen-bond donors (Lipinski definition) is 1. The van der Waals surface area contributed by atoms with Gasteiger partial charge in [-0.15, -0.1) is 11.3 Å². The minimum Gasteiger partial charge on any atom is -0.267 e. The Kier molecular flexibility index (Phi) is 3.83. The maximum absolute atomic E-state index is 12.0. The highest BCUT2D eigenvalue weighted by atomic mass is 32.2. The molecule has 0 atom stereocenters. The van der Waals surface area contributed by atoms with Crippen molar-refractivity contribution in [3.8, 4) is 6.07 Å². The van der Waals surface area contributed by atoms with Crippen molar-refractivity contribution in [2.75, 3.05) is 0 Å². The van der Waals surface area contributed by atoms with Crippen molar-refractivity contribution in [3.05, 3.63) is 45.9 Å². The molecule has 0 aliphatic heterocycles. The fourth-order valence-corrected chi connectivity index (χ4v) is 3.11. The smallest absolute Gasteiger partial charge is 0.267 e. The van der Waals surface area contributed by atoms with Crippen molar-refractivity contribution >= 4 is 27.3 Å². The van der Waals surface area contributed by atoms with E-state index in [2.05, 4.69) is 4.98 Å². The average Bonchev–Trinajstić information content (AvgIpc) is 2.85. The van der Waals surface area contributed by atoms with Crippen LogP contribution >= 0.6 is 11.3 Å². The summed E-state index contributed by atoms with van der Waals surface area (Å²) < 4.78 is 25.9. The Morgan fingerprint density at radius 1 is 1.35 bits per heavy atom. The number of aryl methyl sites for hydroxylation is 1. The van der Waals surface area contributed by atoms with Gasteiger partial charge >= 0.3 is 0 Å². The second kappa shape index (κ2) is 5.40. The van der Waals surface area contributed by atoms with E-state index in [1.807, 2.05) is 10.8 Å². The third-order valence-electron chi connectivity index (χ3n) is 2.37. The van der Waals surface area contributed by atoms with Gasteiger partial charge in [0.1, 0.15) is 4.88 Å². The van der Waals surface area contributed by atoms with Crippen molar-refractivity contribution in [1.82, 2.24) is 9.71 Å². The molecule has 6 nitrogen and oxygen atoms in total. The lowest BCUT2D eigenvalue weighted by atomic mass is 10.2. The lowest BCUT2D eigenvalue weighted by molar-refractivity contribution is 0.0985. The zero-order valence-corrected chi connectivity index (χ0v) is 12.0. The number of carbonyl (C=O) groups excluding carboxylic acids is 1. The molecule has 0 saturated heterocycles. The molecule has 0 unspecified atom stereocenters. The Morgan fingerprint density at radius 2 is 2.00 bits per heavy atom. The number of nitrogens with one attached hydrogen (secondary N) is 1.